The Morgan fingerprint density at radius 3 is 2.32 bits per heavy atom. The summed E-state index contributed by atoms with van der Waals surface area (Å²) < 4.78 is 29.3. The smallest absolute Gasteiger partial charge is 0.321 e. The molecule has 13 nitrogen and oxygen atoms in total. The van der Waals surface area contributed by atoms with E-state index in [0.717, 1.165) is 20.6 Å². The lowest BCUT2D eigenvalue weighted by Gasteiger charge is -2.37. The fourth-order valence-electron chi connectivity index (χ4n) is 6.19. The topological polar surface area (TPSA) is 176 Å². The minimum Gasteiger partial charge on any atom is -0.411 e. The lowest BCUT2D eigenvalue weighted by Crippen LogP contribution is -2.58. The summed E-state index contributed by atoms with van der Waals surface area (Å²) in [6.45, 7) is 9.34. The number of hydrogen-bond donors (Lipinski definition) is 4. The second-order valence-electron chi connectivity index (χ2n) is 13.2. The third-order valence-electron chi connectivity index (χ3n) is 8.86. The van der Waals surface area contributed by atoms with Crippen molar-refractivity contribution in [2.75, 3.05) is 26.2 Å². The number of thiazole rings is 1. The number of aliphatic hydroxyl groups is 2. The first-order valence-electron chi connectivity index (χ1n) is 16.7. The Balaban J connectivity index is 1.62. The van der Waals surface area contributed by atoms with E-state index < -0.39 is 53.3 Å². The molecule has 3 amide bonds. The number of aliphatic hydroxyl groups excluding tert-OH is 2. The van der Waals surface area contributed by atoms with Crippen molar-refractivity contribution in [3.05, 3.63) is 81.8 Å². The Bertz CT molecular complexity index is 1700. The Morgan fingerprint density at radius 2 is 1.76 bits per heavy atom. The molecule has 1 aromatic heterocycles. The first-order valence-corrected chi connectivity index (χ1v) is 19.0. The molecule has 0 spiro atoms. The van der Waals surface area contributed by atoms with Gasteiger partial charge in [0, 0.05) is 25.0 Å². The molecule has 2 heterocycles. The number of carbonyl (C=O) groups is 2. The van der Waals surface area contributed by atoms with Crippen LogP contribution in [0.1, 0.15) is 49.5 Å². The molecule has 0 unspecified atom stereocenters. The highest BCUT2D eigenvalue weighted by Crippen LogP contribution is 2.25. The van der Waals surface area contributed by atoms with Crippen LogP contribution in [0.5, 0.6) is 0 Å². The molecule has 272 valence electrons. The van der Waals surface area contributed by atoms with Crippen LogP contribution in [-0.4, -0.2) is 112 Å². The number of urea groups is 1. The van der Waals surface area contributed by atoms with Crippen LogP contribution >= 0.6 is 11.3 Å². The first-order chi connectivity index (χ1) is 23.8. The average molecular weight is 729 g/mol. The van der Waals surface area contributed by atoms with Crippen LogP contribution in [0, 0.1) is 18.8 Å². The standard InChI is InChI=1S/C35H48N6O7S2/c1-23(2)31(21-42)41(50(47,48)29-13-11-27(12-14-29)18-36-46)20-32(43)30(17-26-9-7-6-8-10-26)38-34(44)33(24(3)4)40-16-15-39(35(40)45)19-28-22-49-25(5)37-28/h6-14,18,22-24,30-33,42-43,46H,15-17,19-21H2,1-5H3,(H,38,44)/t30-,31-,32+,33-/m0/s1. The monoisotopic (exact) mass is 728 g/mol. The molecule has 2 aromatic carbocycles. The molecular weight excluding hydrogens is 681 g/mol. The van der Waals surface area contributed by atoms with Gasteiger partial charge in [-0.25, -0.2) is 18.2 Å². The molecule has 4 atom stereocenters. The Labute approximate surface area is 298 Å². The molecule has 4 rings (SSSR count). The van der Waals surface area contributed by atoms with Gasteiger partial charge in [0.2, 0.25) is 15.9 Å². The van der Waals surface area contributed by atoms with Crippen LogP contribution in [0.15, 0.2) is 70.0 Å². The van der Waals surface area contributed by atoms with E-state index in [9.17, 15) is 28.2 Å². The summed E-state index contributed by atoms with van der Waals surface area (Å²) >= 11 is 1.51. The quantitative estimate of drug-likeness (QED) is 0.0930. The molecule has 0 saturated carbocycles. The fourth-order valence-corrected chi connectivity index (χ4v) is 8.56. The second-order valence-corrected chi connectivity index (χ2v) is 16.2. The van der Waals surface area contributed by atoms with Crippen molar-refractivity contribution < 1.29 is 33.4 Å². The van der Waals surface area contributed by atoms with Crippen LogP contribution < -0.4 is 5.32 Å². The number of aryl methyl sites for hydroxylation is 1. The van der Waals surface area contributed by atoms with Crippen molar-refractivity contribution in [3.8, 4) is 0 Å². The van der Waals surface area contributed by atoms with Crippen molar-refractivity contribution in [1.29, 1.82) is 0 Å². The van der Waals surface area contributed by atoms with Gasteiger partial charge in [0.15, 0.2) is 0 Å². The predicted molar refractivity (Wildman–Crippen MR) is 191 cm³/mol. The number of nitrogens with zero attached hydrogens (tertiary/aromatic N) is 5. The van der Waals surface area contributed by atoms with Crippen molar-refractivity contribution in [3.63, 3.8) is 0 Å². The van der Waals surface area contributed by atoms with E-state index in [1.165, 1.54) is 41.8 Å². The summed E-state index contributed by atoms with van der Waals surface area (Å²) in [5.74, 6) is -1.06. The maximum absolute atomic E-state index is 14.1. The van der Waals surface area contributed by atoms with E-state index >= 15 is 0 Å². The van der Waals surface area contributed by atoms with E-state index in [4.69, 9.17) is 5.21 Å². The number of amides is 3. The Morgan fingerprint density at radius 1 is 1.08 bits per heavy atom. The molecule has 15 heteroatoms. The van der Waals surface area contributed by atoms with Gasteiger partial charge in [-0.05, 0) is 48.4 Å². The van der Waals surface area contributed by atoms with Gasteiger partial charge < -0.3 is 30.5 Å². The van der Waals surface area contributed by atoms with Crippen LogP contribution in [0.2, 0.25) is 0 Å². The summed E-state index contributed by atoms with van der Waals surface area (Å²) in [6, 6.07) is 11.9. The van der Waals surface area contributed by atoms with E-state index in [2.05, 4.69) is 15.5 Å². The molecule has 0 radical (unpaired) electrons. The SMILES string of the molecule is Cc1nc(CN2CCN([C@H](C(=O)N[C@@H](Cc3ccccc3)[C@H](O)CN([C@@H](CO)C(C)C)S(=O)(=O)c3ccc(C=NO)cc3)C(C)C)C2=O)cs1. The zero-order valence-electron chi connectivity index (χ0n) is 29.1. The number of sulfonamides is 1. The third kappa shape index (κ3) is 9.46. The normalized spacial score (nSPS) is 16.5. The summed E-state index contributed by atoms with van der Waals surface area (Å²) in [6.07, 6.45) is -0.0659. The molecular formula is C35H48N6O7S2. The molecule has 3 aromatic rings. The van der Waals surface area contributed by atoms with Gasteiger partial charge in [-0.3, -0.25) is 4.79 Å². The highest BCUT2D eigenvalue weighted by molar-refractivity contribution is 7.89. The maximum Gasteiger partial charge on any atom is 0.321 e. The largest absolute Gasteiger partial charge is 0.411 e. The Hall–Kier alpha value is -3.89. The molecule has 1 aliphatic heterocycles. The van der Waals surface area contributed by atoms with E-state index in [1.807, 2.05) is 56.5 Å². The Kier molecular flexibility index (Phi) is 13.5. The molecule has 0 aliphatic carbocycles. The number of oxime groups is 1. The number of rotatable bonds is 17. The number of benzene rings is 2. The van der Waals surface area contributed by atoms with Crippen molar-refractivity contribution in [2.45, 2.75) is 76.7 Å². The average Bonchev–Trinajstić information content (AvgIpc) is 3.65. The highest BCUT2D eigenvalue weighted by Gasteiger charge is 2.41. The van der Waals surface area contributed by atoms with E-state index in [1.54, 1.807) is 23.6 Å². The zero-order valence-corrected chi connectivity index (χ0v) is 30.7. The molecule has 0 bridgehead atoms. The number of hydrogen-bond acceptors (Lipinski definition) is 10. The lowest BCUT2D eigenvalue weighted by atomic mass is 9.97. The minimum atomic E-state index is -4.27. The van der Waals surface area contributed by atoms with E-state index in [-0.39, 0.29) is 29.2 Å². The fraction of sp³-hybridized carbons (Fsp3) is 0.486. The number of nitrogens with one attached hydrogen (secondary N) is 1. The van der Waals surface area contributed by atoms with Gasteiger partial charge in [0.1, 0.15) is 6.04 Å². The van der Waals surface area contributed by atoms with Gasteiger partial charge in [-0.1, -0.05) is 75.3 Å². The van der Waals surface area contributed by atoms with Crippen molar-refractivity contribution in [2.24, 2.45) is 17.0 Å². The van der Waals surface area contributed by atoms with Gasteiger partial charge >= 0.3 is 6.03 Å². The summed E-state index contributed by atoms with van der Waals surface area (Å²) in [7, 11) is -4.27. The summed E-state index contributed by atoms with van der Waals surface area (Å²) in [5.41, 5.74) is 2.07. The van der Waals surface area contributed by atoms with Crippen LogP contribution in [0.3, 0.4) is 0 Å². The van der Waals surface area contributed by atoms with Crippen molar-refractivity contribution in [1.82, 2.24) is 24.4 Å². The molecule has 50 heavy (non-hydrogen) atoms. The molecule has 1 fully saturated rings. The van der Waals surface area contributed by atoms with Gasteiger partial charge in [0.25, 0.3) is 0 Å². The second kappa shape index (κ2) is 17.4. The zero-order chi connectivity index (χ0) is 36.6. The van der Waals surface area contributed by atoms with Gasteiger partial charge in [-0.15, -0.1) is 11.3 Å². The van der Waals surface area contributed by atoms with Crippen LogP contribution in [0.4, 0.5) is 4.79 Å². The summed E-state index contributed by atoms with van der Waals surface area (Å²) in [4.78, 5) is 35.3. The first kappa shape index (κ1) is 38.9. The van der Waals surface area contributed by atoms with Gasteiger partial charge in [-0.2, -0.15) is 4.31 Å². The number of aromatic nitrogens is 1. The van der Waals surface area contributed by atoms with Gasteiger partial charge in [0.05, 0.1) is 53.2 Å². The highest BCUT2D eigenvalue weighted by atomic mass is 32.2. The molecule has 4 N–H and O–H groups in total. The molecule has 1 saturated heterocycles. The van der Waals surface area contributed by atoms with E-state index in [0.29, 0.717) is 25.2 Å². The predicted octanol–water partition coefficient (Wildman–Crippen LogP) is 3.32. The van der Waals surface area contributed by atoms with Crippen LogP contribution in [-0.2, 0) is 27.8 Å². The number of carbonyl (C=O) groups excluding carboxylic acids is 2. The maximum atomic E-state index is 14.1. The van der Waals surface area contributed by atoms with Crippen LogP contribution in [0.25, 0.3) is 0 Å². The lowest BCUT2D eigenvalue weighted by molar-refractivity contribution is -0.128. The summed E-state index contributed by atoms with van der Waals surface area (Å²) in [5, 5.41) is 39.9. The van der Waals surface area contributed by atoms with Crippen molar-refractivity contribution >= 4 is 39.5 Å². The molecule has 1 aliphatic rings. The third-order valence-corrected chi connectivity index (χ3v) is 11.6. The minimum absolute atomic E-state index is 0.0766.